The highest BCUT2D eigenvalue weighted by atomic mass is 35.5. The zero-order chi connectivity index (χ0) is 39.3. The van der Waals surface area contributed by atoms with E-state index >= 15 is 0 Å². The van der Waals surface area contributed by atoms with Gasteiger partial charge in [0.1, 0.15) is 23.5 Å². The minimum Gasteiger partial charge on any atom is -0.465 e. The van der Waals surface area contributed by atoms with Gasteiger partial charge in [-0.05, 0) is 55.3 Å². The van der Waals surface area contributed by atoms with Crippen LogP contribution >= 0.6 is 34.8 Å². The Morgan fingerprint density at radius 3 is 2.04 bits per heavy atom. The molecule has 3 aromatic rings. The van der Waals surface area contributed by atoms with Gasteiger partial charge in [0.2, 0.25) is 21.8 Å². The van der Waals surface area contributed by atoms with Gasteiger partial charge in [-0.2, -0.15) is 13.2 Å². The van der Waals surface area contributed by atoms with Crippen LogP contribution in [0.15, 0.2) is 77.7 Å². The minimum absolute atomic E-state index is 0.0505. The topological polar surface area (TPSA) is 155 Å². The van der Waals surface area contributed by atoms with Crippen LogP contribution in [0.25, 0.3) is 0 Å². The first-order valence-corrected chi connectivity index (χ1v) is 18.7. The molecular weight excluding hydrogens is 788 g/mol. The van der Waals surface area contributed by atoms with Crippen LogP contribution in [0.4, 0.5) is 18.0 Å². The Hall–Kier alpha value is -3.64. The summed E-state index contributed by atoms with van der Waals surface area (Å²) in [7, 11) is -4.50. The second kappa shape index (κ2) is 20.2. The number of hydrogen-bond acceptors (Lipinski definition) is 7. The highest BCUT2D eigenvalue weighted by Gasteiger charge is 2.39. The van der Waals surface area contributed by atoms with Crippen LogP contribution in [0.2, 0.25) is 15.1 Å². The van der Waals surface area contributed by atoms with E-state index in [0.717, 1.165) is 6.07 Å². The second-order valence-electron chi connectivity index (χ2n) is 11.4. The van der Waals surface area contributed by atoms with E-state index in [4.69, 9.17) is 44.3 Å². The summed E-state index contributed by atoms with van der Waals surface area (Å²) in [6.07, 6.45) is -8.14. The number of carboxylic acid groups (broad SMARTS) is 1. The summed E-state index contributed by atoms with van der Waals surface area (Å²) >= 11 is 18.0. The Bertz CT molecular complexity index is 1790. The van der Waals surface area contributed by atoms with Crippen molar-refractivity contribution in [3.63, 3.8) is 0 Å². The maximum Gasteiger partial charge on any atom is 0.408 e. The van der Waals surface area contributed by atoms with Gasteiger partial charge in [-0.15, -0.1) is 0 Å². The Morgan fingerprint density at radius 1 is 0.887 bits per heavy atom. The summed E-state index contributed by atoms with van der Waals surface area (Å²) in [6.45, 7) is -0.434. The van der Waals surface area contributed by atoms with Crippen LogP contribution in [0.1, 0.15) is 25.0 Å². The molecular formula is C34H38Cl3F3N4O8S. The summed E-state index contributed by atoms with van der Waals surface area (Å²) < 4.78 is 81.3. The normalized spacial score (nSPS) is 13.0. The zero-order valence-corrected chi connectivity index (χ0v) is 31.6. The third-order valence-electron chi connectivity index (χ3n) is 7.49. The van der Waals surface area contributed by atoms with Crippen molar-refractivity contribution >= 4 is 62.7 Å². The molecule has 0 fully saturated rings. The van der Waals surface area contributed by atoms with Crippen LogP contribution < -0.4 is 10.0 Å². The molecule has 12 nitrogen and oxygen atoms in total. The number of alkyl halides is 3. The number of carbonyl (C=O) groups excluding carboxylic acids is 2. The van der Waals surface area contributed by atoms with Crippen molar-refractivity contribution in [2.24, 2.45) is 0 Å². The first kappa shape index (κ1) is 43.8. The van der Waals surface area contributed by atoms with Crippen LogP contribution in [0.5, 0.6) is 0 Å². The van der Waals surface area contributed by atoms with E-state index in [1.807, 2.05) is 0 Å². The predicted octanol–water partition coefficient (Wildman–Crippen LogP) is 5.99. The fraction of sp³-hybridized carbons (Fsp3) is 0.382. The number of ether oxygens (including phenoxy) is 2. The third-order valence-corrected chi connectivity index (χ3v) is 9.89. The summed E-state index contributed by atoms with van der Waals surface area (Å²) in [6, 6.07) is 13.9. The van der Waals surface area contributed by atoms with E-state index in [0.29, 0.717) is 25.9 Å². The van der Waals surface area contributed by atoms with E-state index in [1.165, 1.54) is 36.4 Å². The van der Waals surface area contributed by atoms with E-state index in [2.05, 4.69) is 10.0 Å². The Labute approximate surface area is 320 Å². The van der Waals surface area contributed by atoms with Crippen molar-refractivity contribution in [1.82, 2.24) is 19.8 Å². The number of halogens is 6. The molecule has 0 aliphatic carbocycles. The number of nitrogens with zero attached hydrogens (tertiary/aromatic N) is 2. The summed E-state index contributed by atoms with van der Waals surface area (Å²) in [4.78, 5) is 41.6. The van der Waals surface area contributed by atoms with Gasteiger partial charge < -0.3 is 24.8 Å². The van der Waals surface area contributed by atoms with Crippen molar-refractivity contribution < 1.29 is 50.6 Å². The molecule has 19 heteroatoms. The Kier molecular flexibility index (Phi) is 16.6. The highest BCUT2D eigenvalue weighted by Crippen LogP contribution is 2.25. The van der Waals surface area contributed by atoms with Crippen molar-refractivity contribution in [2.75, 3.05) is 32.8 Å². The maximum absolute atomic E-state index is 14.2. The van der Waals surface area contributed by atoms with Gasteiger partial charge in [0.25, 0.3) is 0 Å². The van der Waals surface area contributed by atoms with Gasteiger partial charge in [0.15, 0.2) is 6.29 Å². The molecule has 0 saturated heterocycles. The average Bonchev–Trinajstić information content (AvgIpc) is 3.07. The molecule has 3 rings (SSSR count). The summed E-state index contributed by atoms with van der Waals surface area (Å²) in [5.41, 5.74) is 0.791. The van der Waals surface area contributed by atoms with E-state index in [9.17, 15) is 41.1 Å². The quantitative estimate of drug-likeness (QED) is 0.125. The van der Waals surface area contributed by atoms with Gasteiger partial charge >= 0.3 is 12.3 Å². The highest BCUT2D eigenvalue weighted by molar-refractivity contribution is 7.89. The molecule has 0 saturated carbocycles. The number of amides is 3. The molecule has 3 amide bonds. The van der Waals surface area contributed by atoms with E-state index < -0.39 is 83.6 Å². The third kappa shape index (κ3) is 13.9. The van der Waals surface area contributed by atoms with Crippen molar-refractivity contribution in [1.29, 1.82) is 0 Å². The number of carbonyl (C=O) groups is 3. The van der Waals surface area contributed by atoms with Gasteiger partial charge in [-0.25, -0.2) is 17.9 Å². The molecule has 0 radical (unpaired) electrons. The second-order valence-corrected chi connectivity index (χ2v) is 14.4. The monoisotopic (exact) mass is 824 g/mol. The van der Waals surface area contributed by atoms with Crippen molar-refractivity contribution in [3.8, 4) is 0 Å². The largest absolute Gasteiger partial charge is 0.465 e. The first-order chi connectivity index (χ1) is 24.9. The average molecular weight is 826 g/mol. The number of rotatable bonds is 19. The standard InChI is InChI=1S/C34H38Cl3F3N4O8S/c1-3-51-30(52-4-2)20-43(21-34(38,39)40)32(46)27(16-22-10-12-24(35)13-11-22)42-31(45)28(44(33(47)48)19-23-8-6-5-7-9-23)18-41-53(49,50)29-15-14-25(36)17-26(29)37/h5-15,17,27-28,30,41H,3-4,16,18-21H2,1-2H3,(H,42,45)(H,47,48). The molecule has 0 aliphatic heterocycles. The fourth-order valence-electron chi connectivity index (χ4n) is 5.09. The van der Waals surface area contributed by atoms with E-state index in [1.54, 1.807) is 44.2 Å². The zero-order valence-electron chi connectivity index (χ0n) is 28.5. The predicted molar refractivity (Wildman–Crippen MR) is 192 cm³/mol. The van der Waals surface area contributed by atoms with Crippen LogP contribution in [0, 0.1) is 0 Å². The molecule has 2 unspecified atom stereocenters. The van der Waals surface area contributed by atoms with Gasteiger partial charge in [0, 0.05) is 42.8 Å². The minimum atomic E-state index is -4.88. The van der Waals surface area contributed by atoms with E-state index in [-0.39, 0.29) is 29.7 Å². The molecule has 0 aliphatic rings. The fourth-order valence-corrected chi connectivity index (χ4v) is 7.03. The van der Waals surface area contributed by atoms with Crippen LogP contribution in [-0.4, -0.2) is 98.6 Å². The van der Waals surface area contributed by atoms with Gasteiger partial charge in [-0.1, -0.05) is 77.3 Å². The molecule has 290 valence electrons. The number of nitrogens with one attached hydrogen (secondary N) is 2. The van der Waals surface area contributed by atoms with Crippen molar-refractivity contribution in [2.45, 2.75) is 56.3 Å². The first-order valence-electron chi connectivity index (χ1n) is 16.1. The van der Waals surface area contributed by atoms with Crippen LogP contribution in [0.3, 0.4) is 0 Å². The Morgan fingerprint density at radius 2 is 1.49 bits per heavy atom. The summed E-state index contributed by atoms with van der Waals surface area (Å²) in [5, 5.41) is 12.9. The SMILES string of the molecule is CCOC(CN(CC(F)(F)F)C(=O)C(Cc1ccc(Cl)cc1)NC(=O)C(CNS(=O)(=O)c1ccc(Cl)cc1Cl)N(Cc1ccccc1)C(=O)O)OCC. The number of hydrogen-bond donors (Lipinski definition) is 3. The molecule has 2 atom stereocenters. The van der Waals surface area contributed by atoms with Crippen LogP contribution in [-0.2, 0) is 42.1 Å². The lowest BCUT2D eigenvalue weighted by atomic mass is 10.0. The number of benzene rings is 3. The molecule has 0 spiro atoms. The lowest BCUT2D eigenvalue weighted by molar-refractivity contribution is -0.184. The van der Waals surface area contributed by atoms with Gasteiger partial charge in [0.05, 0.1) is 11.6 Å². The maximum atomic E-state index is 14.2. The Balaban J connectivity index is 2.07. The molecule has 0 aromatic heterocycles. The lowest BCUT2D eigenvalue weighted by Crippen LogP contribution is -2.59. The lowest BCUT2D eigenvalue weighted by Gasteiger charge is -2.33. The molecule has 0 heterocycles. The van der Waals surface area contributed by atoms with Gasteiger partial charge in [-0.3, -0.25) is 14.5 Å². The smallest absolute Gasteiger partial charge is 0.408 e. The van der Waals surface area contributed by atoms with Crippen molar-refractivity contribution in [3.05, 3.63) is 99.0 Å². The molecule has 3 N–H and O–H groups in total. The molecule has 53 heavy (non-hydrogen) atoms. The summed E-state index contributed by atoms with van der Waals surface area (Å²) in [5.74, 6) is -2.40. The molecule has 0 bridgehead atoms. The number of sulfonamides is 1. The molecule has 3 aromatic carbocycles.